The predicted octanol–water partition coefficient (Wildman–Crippen LogP) is 1.81. The molecule has 1 heterocycles. The lowest BCUT2D eigenvalue weighted by atomic mass is 10.0. The molecule has 1 fully saturated rings. The van der Waals surface area contributed by atoms with E-state index in [1.54, 1.807) is 0 Å². The number of aliphatic carboxylic acids is 1. The lowest BCUT2D eigenvalue weighted by molar-refractivity contribution is -0.152. The highest BCUT2D eigenvalue weighted by molar-refractivity contribution is 5.84. The second kappa shape index (κ2) is 6.51. The number of nitrogens with zero attached hydrogens (tertiary/aromatic N) is 1. The molecule has 1 unspecified atom stereocenters. The summed E-state index contributed by atoms with van der Waals surface area (Å²) in [6.45, 7) is -0.141. The van der Waals surface area contributed by atoms with Crippen molar-refractivity contribution >= 4 is 11.9 Å². The van der Waals surface area contributed by atoms with Crippen LogP contribution in [0.15, 0.2) is 18.2 Å². The molecule has 2 rings (SSSR count). The summed E-state index contributed by atoms with van der Waals surface area (Å²) in [6, 6.07) is 1.89. The third-order valence-corrected chi connectivity index (χ3v) is 3.35. The fourth-order valence-corrected chi connectivity index (χ4v) is 2.30. The van der Waals surface area contributed by atoms with Crippen molar-refractivity contribution in [3.63, 3.8) is 0 Å². The molecule has 7 heteroatoms. The van der Waals surface area contributed by atoms with E-state index in [9.17, 15) is 18.4 Å². The quantitative estimate of drug-likeness (QED) is 0.920. The SMILES string of the molecule is O=C(O)C1CCCCN1C(=O)COc1ccc(F)cc1F. The van der Waals surface area contributed by atoms with Gasteiger partial charge in [-0.1, -0.05) is 0 Å². The van der Waals surface area contributed by atoms with E-state index in [0.717, 1.165) is 25.0 Å². The highest BCUT2D eigenvalue weighted by Gasteiger charge is 2.32. The van der Waals surface area contributed by atoms with Crippen LogP contribution in [0.5, 0.6) is 5.75 Å². The highest BCUT2D eigenvalue weighted by Crippen LogP contribution is 2.20. The number of rotatable bonds is 4. The summed E-state index contributed by atoms with van der Waals surface area (Å²) in [5.41, 5.74) is 0. The Labute approximate surface area is 120 Å². The Hall–Kier alpha value is -2.18. The largest absolute Gasteiger partial charge is 0.481 e. The van der Waals surface area contributed by atoms with E-state index in [1.807, 2.05) is 0 Å². The molecule has 114 valence electrons. The average Bonchev–Trinajstić information content (AvgIpc) is 2.46. The molecule has 0 radical (unpaired) electrons. The second-order valence-electron chi connectivity index (χ2n) is 4.80. The molecular formula is C14H15F2NO4. The fraction of sp³-hybridized carbons (Fsp3) is 0.429. The number of carboxylic acid groups (broad SMARTS) is 1. The van der Waals surface area contributed by atoms with Crippen molar-refractivity contribution in [2.75, 3.05) is 13.2 Å². The first-order chi connectivity index (χ1) is 9.99. The van der Waals surface area contributed by atoms with Gasteiger partial charge in [0.15, 0.2) is 18.2 Å². The summed E-state index contributed by atoms with van der Waals surface area (Å²) in [5.74, 6) is -3.47. The summed E-state index contributed by atoms with van der Waals surface area (Å²) in [5, 5.41) is 9.08. The van der Waals surface area contributed by atoms with Gasteiger partial charge in [-0.05, 0) is 31.4 Å². The molecule has 0 spiro atoms. The zero-order valence-corrected chi connectivity index (χ0v) is 11.2. The third-order valence-electron chi connectivity index (χ3n) is 3.35. The molecule has 5 nitrogen and oxygen atoms in total. The van der Waals surface area contributed by atoms with E-state index in [2.05, 4.69) is 0 Å². The number of ether oxygens (including phenoxy) is 1. The van der Waals surface area contributed by atoms with Crippen LogP contribution in [0.25, 0.3) is 0 Å². The number of carbonyl (C=O) groups excluding carboxylic acids is 1. The molecule has 0 aromatic heterocycles. The zero-order chi connectivity index (χ0) is 15.4. The van der Waals surface area contributed by atoms with Gasteiger partial charge in [0, 0.05) is 12.6 Å². The van der Waals surface area contributed by atoms with Crippen molar-refractivity contribution in [1.82, 2.24) is 4.90 Å². The molecule has 1 aromatic rings. The summed E-state index contributed by atoms with van der Waals surface area (Å²) >= 11 is 0. The number of benzene rings is 1. The Morgan fingerprint density at radius 3 is 2.76 bits per heavy atom. The predicted molar refractivity (Wildman–Crippen MR) is 68.8 cm³/mol. The van der Waals surface area contributed by atoms with Gasteiger partial charge in [0.05, 0.1) is 0 Å². The van der Waals surface area contributed by atoms with Gasteiger partial charge < -0.3 is 14.7 Å². The highest BCUT2D eigenvalue weighted by atomic mass is 19.1. The van der Waals surface area contributed by atoms with Gasteiger partial charge >= 0.3 is 5.97 Å². The van der Waals surface area contributed by atoms with Crippen LogP contribution >= 0.6 is 0 Å². The van der Waals surface area contributed by atoms with Crippen LogP contribution in [-0.2, 0) is 9.59 Å². The number of amides is 1. The van der Waals surface area contributed by atoms with Gasteiger partial charge in [0.25, 0.3) is 5.91 Å². The van der Waals surface area contributed by atoms with Crippen LogP contribution in [-0.4, -0.2) is 41.1 Å². The summed E-state index contributed by atoms with van der Waals surface area (Å²) < 4.78 is 31.1. The maximum atomic E-state index is 13.4. The second-order valence-corrected chi connectivity index (χ2v) is 4.80. The van der Waals surface area contributed by atoms with Gasteiger partial charge in [0.1, 0.15) is 11.9 Å². The van der Waals surface area contributed by atoms with Crippen molar-refractivity contribution in [2.45, 2.75) is 25.3 Å². The van der Waals surface area contributed by atoms with Crippen LogP contribution in [0, 0.1) is 11.6 Å². The molecule has 0 aliphatic carbocycles. The molecule has 1 saturated heterocycles. The lowest BCUT2D eigenvalue weighted by Crippen LogP contribution is -2.49. The fourth-order valence-electron chi connectivity index (χ4n) is 2.30. The number of halogens is 2. The van der Waals surface area contributed by atoms with E-state index >= 15 is 0 Å². The van der Waals surface area contributed by atoms with E-state index in [4.69, 9.17) is 9.84 Å². The Morgan fingerprint density at radius 1 is 1.33 bits per heavy atom. The molecule has 1 amide bonds. The van der Waals surface area contributed by atoms with Crippen molar-refractivity contribution in [2.24, 2.45) is 0 Å². The van der Waals surface area contributed by atoms with Gasteiger partial charge in [-0.3, -0.25) is 4.79 Å². The zero-order valence-electron chi connectivity index (χ0n) is 11.2. The molecule has 1 aromatic carbocycles. The van der Waals surface area contributed by atoms with E-state index in [1.165, 1.54) is 4.90 Å². The topological polar surface area (TPSA) is 66.8 Å². The van der Waals surface area contributed by atoms with Crippen LogP contribution < -0.4 is 4.74 Å². The number of piperidine rings is 1. The van der Waals surface area contributed by atoms with Crippen molar-refractivity contribution in [1.29, 1.82) is 0 Å². The maximum absolute atomic E-state index is 13.4. The molecule has 0 bridgehead atoms. The van der Waals surface area contributed by atoms with Gasteiger partial charge in [-0.25, -0.2) is 13.6 Å². The van der Waals surface area contributed by atoms with E-state index in [0.29, 0.717) is 19.0 Å². The lowest BCUT2D eigenvalue weighted by Gasteiger charge is -2.32. The summed E-state index contributed by atoms with van der Waals surface area (Å²) in [4.78, 5) is 24.3. The average molecular weight is 299 g/mol. The third kappa shape index (κ3) is 3.68. The Bertz CT molecular complexity index is 550. The summed E-state index contributed by atoms with van der Waals surface area (Å²) in [7, 11) is 0. The van der Waals surface area contributed by atoms with Crippen LogP contribution in [0.2, 0.25) is 0 Å². The number of likely N-dealkylation sites (tertiary alicyclic amines) is 1. The number of carbonyl (C=O) groups is 2. The molecule has 1 N–H and O–H groups in total. The van der Waals surface area contributed by atoms with Gasteiger partial charge in [-0.15, -0.1) is 0 Å². The van der Waals surface area contributed by atoms with Crippen molar-refractivity contribution < 1.29 is 28.2 Å². The van der Waals surface area contributed by atoms with Crippen molar-refractivity contribution in [3.05, 3.63) is 29.8 Å². The van der Waals surface area contributed by atoms with Crippen LogP contribution in [0.1, 0.15) is 19.3 Å². The molecule has 1 aliphatic rings. The minimum Gasteiger partial charge on any atom is -0.481 e. The molecule has 1 atom stereocenters. The monoisotopic (exact) mass is 299 g/mol. The van der Waals surface area contributed by atoms with Crippen LogP contribution in [0.4, 0.5) is 8.78 Å². The Balaban J connectivity index is 1.98. The minimum absolute atomic E-state index is 0.242. The molecule has 0 saturated carbocycles. The molecular weight excluding hydrogens is 284 g/mol. The number of hydrogen-bond donors (Lipinski definition) is 1. The Morgan fingerprint density at radius 2 is 2.10 bits per heavy atom. The smallest absolute Gasteiger partial charge is 0.326 e. The maximum Gasteiger partial charge on any atom is 0.326 e. The molecule has 21 heavy (non-hydrogen) atoms. The number of hydrogen-bond acceptors (Lipinski definition) is 3. The first kappa shape index (κ1) is 15.2. The summed E-state index contributed by atoms with van der Waals surface area (Å²) in [6.07, 6.45) is 1.86. The van der Waals surface area contributed by atoms with Crippen LogP contribution in [0.3, 0.4) is 0 Å². The van der Waals surface area contributed by atoms with E-state index in [-0.39, 0.29) is 5.75 Å². The number of carboxylic acids is 1. The minimum atomic E-state index is -1.06. The standard InChI is InChI=1S/C14H15F2NO4/c15-9-4-5-12(10(16)7-9)21-8-13(18)17-6-2-1-3-11(17)14(19)20/h4-5,7,11H,1-3,6,8H2,(H,19,20). The first-order valence-electron chi connectivity index (χ1n) is 6.59. The first-order valence-corrected chi connectivity index (χ1v) is 6.59. The Kier molecular flexibility index (Phi) is 4.72. The van der Waals surface area contributed by atoms with Crippen molar-refractivity contribution in [3.8, 4) is 5.75 Å². The molecule has 1 aliphatic heterocycles. The van der Waals surface area contributed by atoms with E-state index < -0.39 is 36.2 Å². The normalized spacial score (nSPS) is 18.4. The van der Waals surface area contributed by atoms with Gasteiger partial charge in [-0.2, -0.15) is 0 Å². The van der Waals surface area contributed by atoms with Gasteiger partial charge in [0.2, 0.25) is 0 Å².